The molecular formula is C14H28N4O. The third kappa shape index (κ3) is 2.23. The number of nitrogens with zero attached hydrogens (tertiary/aromatic N) is 4. The first-order valence-electron chi connectivity index (χ1n) is 7.12. The van der Waals surface area contributed by atoms with E-state index in [2.05, 4.69) is 37.7 Å². The van der Waals surface area contributed by atoms with E-state index in [4.69, 9.17) is 0 Å². The summed E-state index contributed by atoms with van der Waals surface area (Å²) >= 11 is 0. The van der Waals surface area contributed by atoms with Crippen molar-refractivity contribution in [1.29, 1.82) is 0 Å². The van der Waals surface area contributed by atoms with Crippen molar-refractivity contribution in [1.82, 2.24) is 19.6 Å². The molecule has 2 aliphatic heterocycles. The Kier molecular flexibility index (Phi) is 3.56. The highest BCUT2D eigenvalue weighted by Gasteiger charge is 2.52. The maximum atomic E-state index is 12.0. The van der Waals surface area contributed by atoms with Crippen molar-refractivity contribution < 1.29 is 4.79 Å². The summed E-state index contributed by atoms with van der Waals surface area (Å²) in [5.74, 6) is 0. The average molecular weight is 268 g/mol. The van der Waals surface area contributed by atoms with E-state index in [1.54, 1.807) is 4.90 Å². The third-order valence-electron chi connectivity index (χ3n) is 5.35. The minimum absolute atomic E-state index is 0.105. The fraction of sp³-hybridized carbons (Fsp3) is 0.929. The lowest BCUT2D eigenvalue weighted by molar-refractivity contribution is 0.0178. The monoisotopic (exact) mass is 268 g/mol. The van der Waals surface area contributed by atoms with E-state index < -0.39 is 0 Å². The van der Waals surface area contributed by atoms with Gasteiger partial charge in [-0.1, -0.05) is 0 Å². The first-order chi connectivity index (χ1) is 8.70. The molecule has 0 atom stereocenters. The molecule has 5 nitrogen and oxygen atoms in total. The van der Waals surface area contributed by atoms with Crippen molar-refractivity contribution in [2.75, 3.05) is 47.8 Å². The van der Waals surface area contributed by atoms with Gasteiger partial charge in [-0.15, -0.1) is 0 Å². The van der Waals surface area contributed by atoms with Crippen LogP contribution in [-0.2, 0) is 0 Å². The van der Waals surface area contributed by atoms with Gasteiger partial charge in [0.1, 0.15) is 0 Å². The Labute approximate surface area is 117 Å². The summed E-state index contributed by atoms with van der Waals surface area (Å²) < 4.78 is 0. The largest absolute Gasteiger partial charge is 0.331 e. The number of likely N-dealkylation sites (N-methyl/N-ethyl adjacent to an activating group) is 2. The van der Waals surface area contributed by atoms with Gasteiger partial charge in [-0.05, 0) is 40.8 Å². The van der Waals surface area contributed by atoms with Crippen LogP contribution in [0, 0.1) is 0 Å². The van der Waals surface area contributed by atoms with Crippen LogP contribution in [-0.4, -0.2) is 84.7 Å². The van der Waals surface area contributed by atoms with Gasteiger partial charge in [0, 0.05) is 39.3 Å². The van der Waals surface area contributed by atoms with E-state index in [-0.39, 0.29) is 17.2 Å². The lowest BCUT2D eigenvalue weighted by atomic mass is 9.86. The van der Waals surface area contributed by atoms with Gasteiger partial charge >= 0.3 is 6.03 Å². The van der Waals surface area contributed by atoms with E-state index in [0.717, 1.165) is 32.5 Å². The van der Waals surface area contributed by atoms with Gasteiger partial charge in [0.2, 0.25) is 0 Å². The lowest BCUT2D eigenvalue weighted by Crippen LogP contribution is -2.57. The summed E-state index contributed by atoms with van der Waals surface area (Å²) in [4.78, 5) is 20.6. The van der Waals surface area contributed by atoms with Crippen molar-refractivity contribution in [2.45, 2.75) is 37.9 Å². The van der Waals surface area contributed by atoms with Crippen LogP contribution in [0.3, 0.4) is 0 Å². The van der Waals surface area contributed by atoms with Crippen LogP contribution in [0.15, 0.2) is 0 Å². The molecule has 2 heterocycles. The van der Waals surface area contributed by atoms with Gasteiger partial charge < -0.3 is 9.80 Å². The maximum Gasteiger partial charge on any atom is 0.319 e. The molecule has 0 radical (unpaired) electrons. The molecular weight excluding hydrogens is 240 g/mol. The molecule has 0 saturated carbocycles. The lowest BCUT2D eigenvalue weighted by Gasteiger charge is -2.46. The number of piperidine rings is 1. The van der Waals surface area contributed by atoms with Crippen LogP contribution < -0.4 is 0 Å². The summed E-state index contributed by atoms with van der Waals surface area (Å²) in [5, 5.41) is 0. The van der Waals surface area contributed by atoms with Crippen molar-refractivity contribution in [3.8, 4) is 0 Å². The maximum absolute atomic E-state index is 12.0. The Hall–Kier alpha value is -0.810. The first kappa shape index (κ1) is 14.6. The van der Waals surface area contributed by atoms with Gasteiger partial charge in [-0.2, -0.15) is 0 Å². The van der Waals surface area contributed by atoms with Crippen LogP contribution >= 0.6 is 0 Å². The fourth-order valence-corrected chi connectivity index (χ4v) is 3.47. The molecule has 5 heteroatoms. The fourth-order valence-electron chi connectivity index (χ4n) is 3.47. The standard InChI is InChI=1S/C14H28N4O/c1-13(2)16(5)11-14(17(13)6)7-9-18(10-8-14)12(19)15(3)4/h7-11H2,1-6H3. The van der Waals surface area contributed by atoms with E-state index in [0.29, 0.717) is 0 Å². The van der Waals surface area contributed by atoms with Crippen LogP contribution in [0.1, 0.15) is 26.7 Å². The number of rotatable bonds is 0. The summed E-state index contributed by atoms with van der Waals surface area (Å²) in [6.07, 6.45) is 2.13. The Bertz CT molecular complexity index is 358. The summed E-state index contributed by atoms with van der Waals surface area (Å²) in [7, 11) is 8.08. The molecule has 1 spiro atoms. The molecule has 0 bridgehead atoms. The number of urea groups is 1. The van der Waals surface area contributed by atoms with E-state index in [1.807, 2.05) is 19.0 Å². The Morgan fingerprint density at radius 1 is 1.11 bits per heavy atom. The van der Waals surface area contributed by atoms with Crippen LogP contribution in [0.5, 0.6) is 0 Å². The quantitative estimate of drug-likeness (QED) is 0.659. The molecule has 2 saturated heterocycles. The molecule has 0 unspecified atom stereocenters. The zero-order chi connectivity index (χ0) is 14.4. The zero-order valence-electron chi connectivity index (χ0n) is 13.2. The van der Waals surface area contributed by atoms with Crippen LogP contribution in [0.25, 0.3) is 0 Å². The van der Waals surface area contributed by atoms with E-state index in [9.17, 15) is 4.79 Å². The third-order valence-corrected chi connectivity index (χ3v) is 5.35. The molecule has 2 fully saturated rings. The number of carbonyl (C=O) groups is 1. The molecule has 0 aromatic rings. The average Bonchev–Trinajstić information content (AvgIpc) is 2.51. The van der Waals surface area contributed by atoms with Crippen molar-refractivity contribution >= 4 is 6.03 Å². The summed E-state index contributed by atoms with van der Waals surface area (Å²) in [5.41, 5.74) is 0.342. The second-order valence-corrected chi connectivity index (χ2v) is 6.80. The molecule has 0 aromatic heterocycles. The Morgan fingerprint density at radius 3 is 2.00 bits per heavy atom. The minimum atomic E-state index is 0.105. The van der Waals surface area contributed by atoms with Crippen LogP contribution in [0.2, 0.25) is 0 Å². The van der Waals surface area contributed by atoms with Crippen LogP contribution in [0.4, 0.5) is 4.79 Å². The summed E-state index contributed by atoms with van der Waals surface area (Å²) in [6, 6.07) is 0.142. The van der Waals surface area contributed by atoms with Gasteiger partial charge in [-0.3, -0.25) is 9.80 Å². The highest BCUT2D eigenvalue weighted by atomic mass is 16.2. The van der Waals surface area contributed by atoms with Gasteiger partial charge in [0.05, 0.1) is 5.66 Å². The van der Waals surface area contributed by atoms with Gasteiger partial charge in [0.15, 0.2) is 0 Å². The molecule has 0 aliphatic carbocycles. The predicted octanol–water partition coefficient (Wildman–Crippen LogP) is 1.12. The van der Waals surface area contributed by atoms with Gasteiger partial charge in [0.25, 0.3) is 0 Å². The highest BCUT2D eigenvalue weighted by Crippen LogP contribution is 2.41. The molecule has 0 aromatic carbocycles. The number of amides is 2. The minimum Gasteiger partial charge on any atom is -0.331 e. The predicted molar refractivity (Wildman–Crippen MR) is 77.1 cm³/mol. The normalized spacial score (nSPS) is 26.9. The Balaban J connectivity index is 2.06. The number of likely N-dealkylation sites (tertiary alicyclic amines) is 1. The topological polar surface area (TPSA) is 30.0 Å². The number of carbonyl (C=O) groups excluding carboxylic acids is 1. The first-order valence-corrected chi connectivity index (χ1v) is 7.12. The SMILES string of the molecule is CN(C)C(=O)N1CCC2(CC1)CN(C)C(C)(C)N2C. The molecule has 110 valence electrons. The molecule has 19 heavy (non-hydrogen) atoms. The van der Waals surface area contributed by atoms with E-state index in [1.165, 1.54) is 0 Å². The van der Waals surface area contributed by atoms with Crippen molar-refractivity contribution in [2.24, 2.45) is 0 Å². The van der Waals surface area contributed by atoms with Crippen molar-refractivity contribution in [3.63, 3.8) is 0 Å². The second kappa shape index (κ2) is 4.63. The van der Waals surface area contributed by atoms with E-state index >= 15 is 0 Å². The smallest absolute Gasteiger partial charge is 0.319 e. The molecule has 2 rings (SSSR count). The number of hydrogen-bond donors (Lipinski definition) is 0. The molecule has 2 amide bonds. The highest BCUT2D eigenvalue weighted by molar-refractivity contribution is 5.73. The van der Waals surface area contributed by atoms with Crippen molar-refractivity contribution in [3.05, 3.63) is 0 Å². The summed E-state index contributed by atoms with van der Waals surface area (Å²) in [6.45, 7) is 7.38. The second-order valence-electron chi connectivity index (χ2n) is 6.80. The molecule has 2 aliphatic rings. The van der Waals surface area contributed by atoms with Gasteiger partial charge in [-0.25, -0.2) is 4.79 Å². The zero-order valence-corrected chi connectivity index (χ0v) is 13.2. The Morgan fingerprint density at radius 2 is 1.63 bits per heavy atom. The molecule has 0 N–H and O–H groups in total. The number of hydrogen-bond acceptors (Lipinski definition) is 3.